The van der Waals surface area contributed by atoms with Gasteiger partial charge in [-0.2, -0.15) is 0 Å². The number of hydrogen-bond donors (Lipinski definition) is 0. The number of nitrogens with zero attached hydrogens (tertiary/aromatic N) is 2. The van der Waals surface area contributed by atoms with Gasteiger partial charge in [0.15, 0.2) is 10.9 Å². The third-order valence-corrected chi connectivity index (χ3v) is 4.32. The average molecular weight is 316 g/mol. The van der Waals surface area contributed by atoms with Crippen molar-refractivity contribution >= 4 is 17.5 Å². The van der Waals surface area contributed by atoms with E-state index in [0.29, 0.717) is 10.7 Å². The Kier molecular flexibility index (Phi) is 4.86. The van der Waals surface area contributed by atoms with Crippen LogP contribution in [0.4, 0.5) is 0 Å². The fourth-order valence-electron chi connectivity index (χ4n) is 1.87. The molecule has 5 heteroatoms. The standard InChI is InChI=1S/C17H20N2O2S/c1-17(2,3)14-10-15(21)19(4)16(18-14)22-11-13(20)12-8-6-5-7-9-12/h5-10H,11H2,1-4H3. The van der Waals surface area contributed by atoms with Crippen LogP contribution in [0.25, 0.3) is 0 Å². The highest BCUT2D eigenvalue weighted by Gasteiger charge is 2.19. The van der Waals surface area contributed by atoms with E-state index in [1.165, 1.54) is 16.3 Å². The highest BCUT2D eigenvalue weighted by Crippen LogP contribution is 2.22. The molecule has 0 saturated carbocycles. The van der Waals surface area contributed by atoms with Gasteiger partial charge in [-0.1, -0.05) is 62.9 Å². The molecule has 0 amide bonds. The zero-order valence-electron chi connectivity index (χ0n) is 13.3. The Morgan fingerprint density at radius 3 is 2.45 bits per heavy atom. The normalized spacial score (nSPS) is 11.5. The van der Waals surface area contributed by atoms with Crippen molar-refractivity contribution < 1.29 is 4.79 Å². The van der Waals surface area contributed by atoms with Gasteiger partial charge in [0.05, 0.1) is 11.4 Å². The summed E-state index contributed by atoms with van der Waals surface area (Å²) in [6.07, 6.45) is 0. The Morgan fingerprint density at radius 1 is 1.23 bits per heavy atom. The van der Waals surface area contributed by atoms with Gasteiger partial charge in [0, 0.05) is 24.1 Å². The lowest BCUT2D eigenvalue weighted by Crippen LogP contribution is -2.25. The Bertz CT molecular complexity index is 731. The lowest BCUT2D eigenvalue weighted by molar-refractivity contribution is 0.102. The number of carbonyl (C=O) groups is 1. The molecule has 2 aromatic rings. The van der Waals surface area contributed by atoms with E-state index in [9.17, 15) is 9.59 Å². The van der Waals surface area contributed by atoms with E-state index in [0.717, 1.165) is 5.69 Å². The molecule has 0 N–H and O–H groups in total. The Balaban J connectivity index is 2.21. The predicted molar refractivity (Wildman–Crippen MR) is 89.7 cm³/mol. The first-order chi connectivity index (χ1) is 10.3. The van der Waals surface area contributed by atoms with E-state index >= 15 is 0 Å². The van der Waals surface area contributed by atoms with Crippen molar-refractivity contribution in [2.45, 2.75) is 31.3 Å². The van der Waals surface area contributed by atoms with E-state index in [1.54, 1.807) is 25.2 Å². The number of ketones is 1. The van der Waals surface area contributed by atoms with Gasteiger partial charge in [0.2, 0.25) is 0 Å². The van der Waals surface area contributed by atoms with Crippen molar-refractivity contribution in [2.75, 3.05) is 5.75 Å². The smallest absolute Gasteiger partial charge is 0.254 e. The quantitative estimate of drug-likeness (QED) is 0.494. The molecular weight excluding hydrogens is 296 g/mol. The number of aromatic nitrogens is 2. The third-order valence-electron chi connectivity index (χ3n) is 3.29. The molecule has 0 fully saturated rings. The topological polar surface area (TPSA) is 52.0 Å². The fourth-order valence-corrected chi connectivity index (χ4v) is 2.74. The maximum absolute atomic E-state index is 12.2. The molecule has 1 aromatic carbocycles. The van der Waals surface area contributed by atoms with Crippen molar-refractivity contribution in [1.29, 1.82) is 0 Å². The van der Waals surface area contributed by atoms with Crippen molar-refractivity contribution in [1.82, 2.24) is 9.55 Å². The number of carbonyl (C=O) groups excluding carboxylic acids is 1. The summed E-state index contributed by atoms with van der Waals surface area (Å²) < 4.78 is 1.48. The SMILES string of the molecule is Cn1c(SCC(=O)c2ccccc2)nc(C(C)(C)C)cc1=O. The summed E-state index contributed by atoms with van der Waals surface area (Å²) in [5.74, 6) is 0.291. The zero-order chi connectivity index (χ0) is 16.3. The molecule has 0 aliphatic rings. The summed E-state index contributed by atoms with van der Waals surface area (Å²) in [6, 6.07) is 10.7. The average Bonchev–Trinajstić information content (AvgIpc) is 2.48. The van der Waals surface area contributed by atoms with E-state index in [4.69, 9.17) is 0 Å². The van der Waals surface area contributed by atoms with Crippen LogP contribution in [-0.2, 0) is 12.5 Å². The van der Waals surface area contributed by atoms with Crippen LogP contribution < -0.4 is 5.56 Å². The first kappa shape index (κ1) is 16.5. The van der Waals surface area contributed by atoms with Crippen LogP contribution >= 0.6 is 11.8 Å². The van der Waals surface area contributed by atoms with Crippen LogP contribution in [0.5, 0.6) is 0 Å². The molecule has 0 unspecified atom stereocenters. The third kappa shape index (κ3) is 3.85. The fraction of sp³-hybridized carbons (Fsp3) is 0.353. The minimum absolute atomic E-state index is 0.0287. The summed E-state index contributed by atoms with van der Waals surface area (Å²) >= 11 is 1.30. The Hall–Kier alpha value is -1.88. The van der Waals surface area contributed by atoms with Gasteiger partial charge in [-0.25, -0.2) is 4.98 Å². The number of thioether (sulfide) groups is 1. The van der Waals surface area contributed by atoms with Gasteiger partial charge in [0.25, 0.3) is 5.56 Å². The number of hydrogen-bond acceptors (Lipinski definition) is 4. The first-order valence-electron chi connectivity index (χ1n) is 7.08. The van der Waals surface area contributed by atoms with Crippen LogP contribution in [-0.4, -0.2) is 21.1 Å². The highest BCUT2D eigenvalue weighted by atomic mass is 32.2. The minimum atomic E-state index is -0.202. The largest absolute Gasteiger partial charge is 0.293 e. The minimum Gasteiger partial charge on any atom is -0.293 e. The van der Waals surface area contributed by atoms with E-state index < -0.39 is 0 Å². The van der Waals surface area contributed by atoms with Gasteiger partial charge in [0.1, 0.15) is 0 Å². The molecule has 1 heterocycles. The molecule has 0 aliphatic heterocycles. The molecule has 0 bridgehead atoms. The van der Waals surface area contributed by atoms with E-state index in [-0.39, 0.29) is 22.5 Å². The molecule has 22 heavy (non-hydrogen) atoms. The van der Waals surface area contributed by atoms with Crippen LogP contribution in [0, 0.1) is 0 Å². The van der Waals surface area contributed by atoms with E-state index in [1.807, 2.05) is 39.0 Å². The van der Waals surface area contributed by atoms with Gasteiger partial charge >= 0.3 is 0 Å². The number of rotatable bonds is 4. The molecule has 0 radical (unpaired) electrons. The molecular formula is C17H20N2O2S. The summed E-state index contributed by atoms with van der Waals surface area (Å²) in [5.41, 5.74) is 1.11. The molecule has 116 valence electrons. The molecule has 0 saturated heterocycles. The van der Waals surface area contributed by atoms with Crippen LogP contribution in [0.3, 0.4) is 0 Å². The van der Waals surface area contributed by atoms with Crippen molar-refractivity contribution in [3.63, 3.8) is 0 Å². The van der Waals surface area contributed by atoms with Gasteiger partial charge in [-0.3, -0.25) is 14.2 Å². The highest BCUT2D eigenvalue weighted by molar-refractivity contribution is 7.99. The van der Waals surface area contributed by atoms with Gasteiger partial charge < -0.3 is 0 Å². The van der Waals surface area contributed by atoms with Crippen molar-refractivity contribution in [3.05, 3.63) is 58.0 Å². The van der Waals surface area contributed by atoms with Gasteiger partial charge in [-0.15, -0.1) is 0 Å². The maximum atomic E-state index is 12.2. The van der Waals surface area contributed by atoms with Gasteiger partial charge in [-0.05, 0) is 0 Å². The lowest BCUT2D eigenvalue weighted by Gasteiger charge is -2.19. The number of benzene rings is 1. The van der Waals surface area contributed by atoms with Crippen LogP contribution in [0.15, 0.2) is 46.3 Å². The molecule has 0 atom stereocenters. The van der Waals surface area contributed by atoms with Crippen LogP contribution in [0.2, 0.25) is 0 Å². The molecule has 0 spiro atoms. The second kappa shape index (κ2) is 6.48. The Morgan fingerprint density at radius 2 is 1.86 bits per heavy atom. The first-order valence-corrected chi connectivity index (χ1v) is 8.07. The maximum Gasteiger partial charge on any atom is 0.254 e. The molecule has 4 nitrogen and oxygen atoms in total. The molecule has 1 aromatic heterocycles. The second-order valence-corrected chi connectivity index (χ2v) is 7.09. The lowest BCUT2D eigenvalue weighted by atomic mass is 9.92. The summed E-state index contributed by atoms with van der Waals surface area (Å²) in [7, 11) is 1.68. The predicted octanol–water partition coefficient (Wildman–Crippen LogP) is 3.05. The second-order valence-electron chi connectivity index (χ2n) is 6.15. The molecule has 2 rings (SSSR count). The zero-order valence-corrected chi connectivity index (χ0v) is 14.1. The summed E-state index contributed by atoms with van der Waals surface area (Å²) in [4.78, 5) is 28.8. The van der Waals surface area contributed by atoms with Crippen molar-refractivity contribution in [2.24, 2.45) is 7.05 Å². The van der Waals surface area contributed by atoms with Crippen molar-refractivity contribution in [3.8, 4) is 0 Å². The summed E-state index contributed by atoms with van der Waals surface area (Å²) in [5, 5.41) is 0.571. The van der Waals surface area contributed by atoms with Crippen LogP contribution in [0.1, 0.15) is 36.8 Å². The summed E-state index contributed by atoms with van der Waals surface area (Å²) in [6.45, 7) is 6.04. The number of Topliss-reactive ketones (excluding diaryl/α,β-unsaturated/α-hetero) is 1. The molecule has 0 aliphatic carbocycles. The van der Waals surface area contributed by atoms with E-state index in [2.05, 4.69) is 4.98 Å². The Labute approximate surface area is 134 Å². The monoisotopic (exact) mass is 316 g/mol.